The predicted octanol–water partition coefficient (Wildman–Crippen LogP) is 2.75. The molecule has 0 aromatic carbocycles. The molecule has 2 aliphatic rings. The van der Waals surface area contributed by atoms with Crippen molar-refractivity contribution in [3.63, 3.8) is 0 Å². The Labute approximate surface area is 192 Å². The molecule has 9 heteroatoms. The van der Waals surface area contributed by atoms with Gasteiger partial charge in [0.25, 0.3) is 0 Å². The zero-order chi connectivity index (χ0) is 22.2. The number of pyridine rings is 2. The molecule has 4 heterocycles. The topological polar surface area (TPSA) is 90.2 Å². The number of hydrogen-bond donors (Lipinski definition) is 0. The van der Waals surface area contributed by atoms with Gasteiger partial charge in [0.05, 0.1) is 42.0 Å². The molecule has 0 atom stereocenters. The first kappa shape index (κ1) is 21.0. The Bertz CT molecular complexity index is 1250. The van der Waals surface area contributed by atoms with Crippen LogP contribution in [-0.2, 0) is 9.47 Å². The van der Waals surface area contributed by atoms with Gasteiger partial charge in [0, 0.05) is 36.5 Å². The quantitative estimate of drug-likeness (QED) is 0.309. The monoisotopic (exact) mass is 497 g/mol. The van der Waals surface area contributed by atoms with E-state index in [1.54, 1.807) is 34.9 Å². The number of ether oxygens (including phenoxy) is 2. The van der Waals surface area contributed by atoms with Crippen molar-refractivity contribution >= 4 is 39.0 Å². The lowest BCUT2D eigenvalue weighted by molar-refractivity contribution is 0.0298. The maximum Gasteiger partial charge on any atom is 0.341 e. The van der Waals surface area contributed by atoms with Crippen LogP contribution in [0.1, 0.15) is 48.9 Å². The van der Waals surface area contributed by atoms with Gasteiger partial charge in [-0.25, -0.2) is 4.79 Å². The molecule has 1 aliphatic carbocycles. The summed E-state index contributed by atoms with van der Waals surface area (Å²) in [6.07, 6.45) is 3.82. The van der Waals surface area contributed by atoms with Gasteiger partial charge in [-0.3, -0.25) is 19.5 Å². The lowest BCUT2D eigenvalue weighted by Gasteiger charge is -2.26. The second-order valence-electron chi connectivity index (χ2n) is 7.70. The van der Waals surface area contributed by atoms with Gasteiger partial charge in [-0.15, -0.1) is 0 Å². The Kier molecular flexibility index (Phi) is 5.62. The van der Waals surface area contributed by atoms with Gasteiger partial charge in [0.15, 0.2) is 5.78 Å². The van der Waals surface area contributed by atoms with Gasteiger partial charge in [0.2, 0.25) is 5.78 Å². The molecule has 3 aromatic heterocycles. The molecule has 0 saturated carbocycles. The first-order valence-corrected chi connectivity index (χ1v) is 11.2. The molecule has 0 unspecified atom stereocenters. The van der Waals surface area contributed by atoms with Gasteiger partial charge in [-0.2, -0.15) is 0 Å². The summed E-state index contributed by atoms with van der Waals surface area (Å²) < 4.78 is 13.2. The average molecular weight is 498 g/mol. The van der Waals surface area contributed by atoms with Crippen LogP contribution in [0.5, 0.6) is 0 Å². The number of carbonyl (C=O) groups is 3. The Morgan fingerprint density at radius 3 is 2.78 bits per heavy atom. The minimum absolute atomic E-state index is 0.0757. The molecule has 8 nitrogen and oxygen atoms in total. The molecule has 0 bridgehead atoms. The van der Waals surface area contributed by atoms with Crippen molar-refractivity contribution in [3.8, 4) is 0 Å². The fourth-order valence-corrected chi connectivity index (χ4v) is 4.58. The number of esters is 1. The van der Waals surface area contributed by atoms with Crippen LogP contribution in [0.4, 0.5) is 0 Å². The van der Waals surface area contributed by atoms with E-state index in [1.807, 2.05) is 0 Å². The van der Waals surface area contributed by atoms with Gasteiger partial charge >= 0.3 is 5.97 Å². The van der Waals surface area contributed by atoms with Crippen LogP contribution >= 0.6 is 15.9 Å². The largest absolute Gasteiger partial charge is 0.462 e. The highest BCUT2D eigenvalue weighted by atomic mass is 79.9. The first-order valence-electron chi connectivity index (χ1n) is 10.4. The average Bonchev–Trinajstić information content (AvgIpc) is 3.15. The third kappa shape index (κ3) is 3.56. The van der Waals surface area contributed by atoms with Crippen LogP contribution in [0.3, 0.4) is 0 Å². The van der Waals surface area contributed by atoms with Crippen LogP contribution in [0.2, 0.25) is 0 Å². The summed E-state index contributed by atoms with van der Waals surface area (Å²) in [7, 11) is 0. The molecular formula is C23H20BrN3O5. The molecule has 1 aliphatic heterocycles. The molecule has 0 radical (unpaired) electrons. The molecule has 0 N–H and O–H groups in total. The summed E-state index contributed by atoms with van der Waals surface area (Å²) in [6.45, 7) is 4.18. The Balaban J connectivity index is 1.47. The van der Waals surface area contributed by atoms with E-state index in [2.05, 4.69) is 25.8 Å². The van der Waals surface area contributed by atoms with E-state index in [0.29, 0.717) is 29.6 Å². The molecule has 1 saturated heterocycles. The number of fused-ring (bicyclic) bond motifs is 4. The lowest BCUT2D eigenvalue weighted by atomic mass is 9.89. The van der Waals surface area contributed by atoms with Crippen LogP contribution in [0.15, 0.2) is 41.1 Å². The number of halogens is 1. The highest BCUT2D eigenvalue weighted by Crippen LogP contribution is 2.34. The summed E-state index contributed by atoms with van der Waals surface area (Å²) in [4.78, 5) is 46.1. The smallest absolute Gasteiger partial charge is 0.341 e. The molecule has 5 rings (SSSR count). The number of rotatable bonds is 5. The Hall–Kier alpha value is -2.88. The van der Waals surface area contributed by atoms with Crippen molar-refractivity contribution < 1.29 is 23.9 Å². The van der Waals surface area contributed by atoms with E-state index < -0.39 is 17.5 Å². The van der Waals surface area contributed by atoms with Crippen molar-refractivity contribution in [2.24, 2.45) is 0 Å². The summed E-state index contributed by atoms with van der Waals surface area (Å²) >= 11 is 3.40. The van der Waals surface area contributed by atoms with E-state index >= 15 is 0 Å². The van der Waals surface area contributed by atoms with E-state index in [-0.39, 0.29) is 34.7 Å². The first-order chi connectivity index (χ1) is 15.6. The Morgan fingerprint density at radius 1 is 1.16 bits per heavy atom. The number of nitrogens with zero attached hydrogens (tertiary/aromatic N) is 3. The minimum atomic E-state index is -0.610. The fraction of sp³-hybridized carbons (Fsp3) is 0.304. The summed E-state index contributed by atoms with van der Waals surface area (Å²) in [6, 6.07) is 6.62. The molecule has 32 heavy (non-hydrogen) atoms. The minimum Gasteiger partial charge on any atom is -0.462 e. The second kappa shape index (κ2) is 8.57. The third-order valence-corrected chi connectivity index (χ3v) is 6.23. The number of hydrogen-bond acceptors (Lipinski definition) is 7. The number of ketones is 2. The summed E-state index contributed by atoms with van der Waals surface area (Å²) in [5.41, 5.74) is 1.07. The van der Waals surface area contributed by atoms with E-state index in [9.17, 15) is 14.4 Å². The van der Waals surface area contributed by atoms with E-state index in [0.717, 1.165) is 19.6 Å². The maximum atomic E-state index is 13.3. The van der Waals surface area contributed by atoms with Crippen LogP contribution in [-0.4, -0.2) is 71.3 Å². The molecule has 0 spiro atoms. The van der Waals surface area contributed by atoms with Gasteiger partial charge in [0.1, 0.15) is 11.4 Å². The number of carbonyl (C=O) groups excluding carboxylic acids is 3. The number of aromatic nitrogens is 2. The van der Waals surface area contributed by atoms with Gasteiger partial charge < -0.3 is 13.9 Å². The fourth-order valence-electron chi connectivity index (χ4n) is 4.25. The van der Waals surface area contributed by atoms with Crippen molar-refractivity contribution in [2.75, 3.05) is 39.5 Å². The highest BCUT2D eigenvalue weighted by Gasteiger charge is 2.39. The van der Waals surface area contributed by atoms with Crippen molar-refractivity contribution in [2.45, 2.75) is 6.42 Å². The normalized spacial score (nSPS) is 16.2. The third-order valence-electron chi connectivity index (χ3n) is 5.77. The van der Waals surface area contributed by atoms with Crippen molar-refractivity contribution in [3.05, 3.63) is 69.2 Å². The van der Waals surface area contributed by atoms with Crippen LogP contribution in [0, 0.1) is 0 Å². The zero-order valence-corrected chi connectivity index (χ0v) is 18.8. The lowest BCUT2D eigenvalue weighted by Crippen LogP contribution is -2.37. The SMILES string of the molecule is O=C1c2cccnc2C(=O)c2c1c(C(=O)OCCCN1CCOCC1)c1ccc(Br)cn21. The van der Waals surface area contributed by atoms with Crippen molar-refractivity contribution in [1.82, 2.24) is 14.3 Å². The van der Waals surface area contributed by atoms with Gasteiger partial charge in [-0.1, -0.05) is 0 Å². The highest BCUT2D eigenvalue weighted by molar-refractivity contribution is 9.10. The molecule has 3 aromatic rings. The molecule has 0 amide bonds. The van der Waals surface area contributed by atoms with E-state index in [4.69, 9.17) is 9.47 Å². The molecular weight excluding hydrogens is 478 g/mol. The second-order valence-corrected chi connectivity index (χ2v) is 8.62. The molecule has 164 valence electrons. The van der Waals surface area contributed by atoms with Gasteiger partial charge in [-0.05, 0) is 46.6 Å². The summed E-state index contributed by atoms with van der Waals surface area (Å²) in [5.74, 6) is -1.40. The van der Waals surface area contributed by atoms with Crippen molar-refractivity contribution in [1.29, 1.82) is 0 Å². The predicted molar refractivity (Wildman–Crippen MR) is 118 cm³/mol. The van der Waals surface area contributed by atoms with E-state index in [1.165, 1.54) is 6.20 Å². The summed E-state index contributed by atoms with van der Waals surface area (Å²) in [5, 5.41) is 0. The Morgan fingerprint density at radius 2 is 1.97 bits per heavy atom. The standard InChI is InChI=1S/C23H20BrN3O5/c24-14-4-5-16-17(23(30)32-10-2-7-26-8-11-31-12-9-26)18-20(27(16)13-14)22(29)19-15(21(18)28)3-1-6-25-19/h1,3-6,13H,2,7-12H2. The number of morpholine rings is 1. The zero-order valence-electron chi connectivity index (χ0n) is 17.2. The maximum absolute atomic E-state index is 13.3. The van der Waals surface area contributed by atoms with Crippen LogP contribution < -0.4 is 0 Å². The molecule has 1 fully saturated rings. The van der Waals surface area contributed by atoms with Crippen LogP contribution in [0.25, 0.3) is 5.52 Å².